The van der Waals surface area contributed by atoms with Gasteiger partial charge in [-0.05, 0) is 24.1 Å². The molecule has 0 atom stereocenters. The summed E-state index contributed by atoms with van der Waals surface area (Å²) in [6.45, 7) is 2.53. The molecule has 1 aliphatic rings. The third-order valence-corrected chi connectivity index (χ3v) is 5.66. The number of nitrogens with zero attached hydrogens (tertiary/aromatic N) is 3. The van der Waals surface area contributed by atoms with Crippen LogP contribution in [0.1, 0.15) is 27.0 Å². The number of carboxylic acids is 1. The molecule has 0 radical (unpaired) electrons. The van der Waals surface area contributed by atoms with Gasteiger partial charge in [-0.1, -0.05) is 19.1 Å². The molecule has 2 aromatic rings. The first kappa shape index (κ1) is 21.3. The molecule has 1 aromatic carbocycles. The zero-order chi connectivity index (χ0) is 16.4. The molecule has 0 fully saturated rings. The molecule has 25 heavy (non-hydrogen) atoms. The third-order valence-electron chi connectivity index (χ3n) is 3.51. The Labute approximate surface area is 166 Å². The molecular formula is C16H15Cl2N3O2S2. The molecular weight excluding hydrogens is 401 g/mol. The van der Waals surface area contributed by atoms with Crippen molar-refractivity contribution in [3.05, 3.63) is 39.6 Å². The Bertz CT molecular complexity index is 821. The average molecular weight is 416 g/mol. The second-order valence-electron chi connectivity index (χ2n) is 4.84. The number of aryl methyl sites for hydroxylation is 1. The summed E-state index contributed by atoms with van der Waals surface area (Å²) in [5.41, 5.74) is 4.54. The average Bonchev–Trinajstić information content (AvgIpc) is 3.22. The fraction of sp³-hybridized carbons (Fsp3) is 0.188. The smallest absolute Gasteiger partial charge is 0.346 e. The van der Waals surface area contributed by atoms with E-state index in [0.29, 0.717) is 24.2 Å². The highest BCUT2D eigenvalue weighted by atomic mass is 35.5. The summed E-state index contributed by atoms with van der Waals surface area (Å²) in [7, 11) is 0. The molecule has 132 valence electrons. The molecule has 1 aromatic heterocycles. The maximum atomic E-state index is 11.5. The van der Waals surface area contributed by atoms with Crippen molar-refractivity contribution in [2.45, 2.75) is 13.3 Å². The fourth-order valence-electron chi connectivity index (χ4n) is 2.44. The summed E-state index contributed by atoms with van der Waals surface area (Å²) in [5.74, 6) is -0.992. The Hall–Kier alpha value is -1.72. The SMILES string of the molecule is CCc1sc(C(=O)O)c(-c2ccc(N3CN=CS3)cc2)c1C#N.Cl.Cl. The predicted octanol–water partition coefficient (Wildman–Crippen LogP) is 4.84. The molecule has 0 saturated heterocycles. The van der Waals surface area contributed by atoms with E-state index in [0.717, 1.165) is 16.1 Å². The van der Waals surface area contributed by atoms with Gasteiger partial charge < -0.3 is 5.11 Å². The van der Waals surface area contributed by atoms with E-state index in [4.69, 9.17) is 0 Å². The van der Waals surface area contributed by atoms with E-state index in [2.05, 4.69) is 11.1 Å². The Kier molecular flexibility index (Phi) is 7.77. The number of carboxylic acid groups (broad SMARTS) is 1. The second kappa shape index (κ2) is 9.11. The Morgan fingerprint density at radius 1 is 1.36 bits per heavy atom. The van der Waals surface area contributed by atoms with E-state index in [9.17, 15) is 15.2 Å². The maximum absolute atomic E-state index is 11.5. The fourth-order valence-corrected chi connectivity index (χ4v) is 4.11. The normalized spacial score (nSPS) is 12.2. The highest BCUT2D eigenvalue weighted by molar-refractivity contribution is 8.13. The van der Waals surface area contributed by atoms with E-state index < -0.39 is 5.97 Å². The van der Waals surface area contributed by atoms with Gasteiger partial charge in [0.25, 0.3) is 0 Å². The van der Waals surface area contributed by atoms with Crippen molar-refractivity contribution < 1.29 is 9.90 Å². The van der Waals surface area contributed by atoms with Gasteiger partial charge in [-0.2, -0.15) is 5.26 Å². The summed E-state index contributed by atoms with van der Waals surface area (Å²) in [6, 6.07) is 9.75. The summed E-state index contributed by atoms with van der Waals surface area (Å²) in [6.07, 6.45) is 0.647. The number of aliphatic imine (C=N–C) groups is 1. The third kappa shape index (κ3) is 4.10. The topological polar surface area (TPSA) is 76.7 Å². The number of hydrogen-bond acceptors (Lipinski definition) is 6. The van der Waals surface area contributed by atoms with Crippen molar-refractivity contribution in [1.29, 1.82) is 5.26 Å². The molecule has 5 nitrogen and oxygen atoms in total. The highest BCUT2D eigenvalue weighted by Crippen LogP contribution is 2.38. The van der Waals surface area contributed by atoms with Crippen LogP contribution in [0.2, 0.25) is 0 Å². The minimum absolute atomic E-state index is 0. The van der Waals surface area contributed by atoms with Crippen molar-refractivity contribution in [2.75, 3.05) is 11.0 Å². The first-order valence-electron chi connectivity index (χ1n) is 6.97. The lowest BCUT2D eigenvalue weighted by Crippen LogP contribution is -2.08. The van der Waals surface area contributed by atoms with Gasteiger partial charge in [0, 0.05) is 28.1 Å². The van der Waals surface area contributed by atoms with Crippen LogP contribution in [-0.2, 0) is 6.42 Å². The molecule has 0 spiro atoms. The summed E-state index contributed by atoms with van der Waals surface area (Å²) < 4.78 is 2.03. The van der Waals surface area contributed by atoms with E-state index in [-0.39, 0.29) is 29.7 Å². The number of carbonyl (C=O) groups is 1. The molecule has 2 heterocycles. The Morgan fingerprint density at radius 3 is 2.52 bits per heavy atom. The molecule has 9 heteroatoms. The largest absolute Gasteiger partial charge is 0.477 e. The van der Waals surface area contributed by atoms with Gasteiger partial charge in [-0.3, -0.25) is 9.30 Å². The monoisotopic (exact) mass is 415 g/mol. The van der Waals surface area contributed by atoms with Crippen LogP contribution in [-0.4, -0.2) is 23.3 Å². The standard InChI is InChI=1S/C16H13N3O2S2.2ClH/c1-2-13-12(7-17)14(15(23-13)16(20)21)10-3-5-11(6-4-10)19-8-18-9-22-19;;/h3-6,9H,2,8H2,1H3,(H,20,21);2*1H. The van der Waals surface area contributed by atoms with Crippen LogP contribution in [0.5, 0.6) is 0 Å². The number of benzene rings is 1. The molecule has 1 aliphatic heterocycles. The second-order valence-corrected chi connectivity index (χ2v) is 6.80. The van der Waals surface area contributed by atoms with Gasteiger partial charge in [-0.25, -0.2) is 4.79 Å². The number of aromatic carboxylic acids is 1. The molecule has 0 bridgehead atoms. The minimum Gasteiger partial charge on any atom is -0.477 e. The Morgan fingerprint density at radius 2 is 2.04 bits per heavy atom. The van der Waals surface area contributed by atoms with E-state index in [1.165, 1.54) is 23.3 Å². The minimum atomic E-state index is -0.992. The van der Waals surface area contributed by atoms with Gasteiger partial charge in [0.2, 0.25) is 0 Å². The number of anilines is 1. The molecule has 3 rings (SSSR count). The molecule has 0 aliphatic carbocycles. The van der Waals surface area contributed by atoms with Gasteiger partial charge >= 0.3 is 5.97 Å². The quantitative estimate of drug-likeness (QED) is 0.722. The first-order valence-corrected chi connectivity index (χ1v) is 8.63. The van der Waals surface area contributed by atoms with Crippen LogP contribution in [0, 0.1) is 11.3 Å². The van der Waals surface area contributed by atoms with Gasteiger partial charge in [-0.15, -0.1) is 36.2 Å². The summed E-state index contributed by atoms with van der Waals surface area (Å²) >= 11 is 2.70. The van der Waals surface area contributed by atoms with E-state index in [1.807, 2.05) is 35.5 Å². The molecule has 0 unspecified atom stereocenters. The van der Waals surface area contributed by atoms with Crippen LogP contribution in [0.15, 0.2) is 29.3 Å². The van der Waals surface area contributed by atoms with Crippen LogP contribution in [0.25, 0.3) is 11.1 Å². The van der Waals surface area contributed by atoms with E-state index >= 15 is 0 Å². The maximum Gasteiger partial charge on any atom is 0.346 e. The first-order chi connectivity index (χ1) is 11.2. The van der Waals surface area contributed by atoms with Gasteiger partial charge in [0.05, 0.1) is 11.1 Å². The zero-order valence-corrected chi connectivity index (χ0v) is 16.4. The van der Waals surface area contributed by atoms with Crippen molar-refractivity contribution >= 4 is 65.3 Å². The van der Waals surface area contributed by atoms with Crippen molar-refractivity contribution in [3.8, 4) is 17.2 Å². The van der Waals surface area contributed by atoms with Crippen LogP contribution in [0.4, 0.5) is 5.69 Å². The number of thiophene rings is 1. The predicted molar refractivity (Wildman–Crippen MR) is 109 cm³/mol. The number of rotatable bonds is 4. The lowest BCUT2D eigenvalue weighted by molar-refractivity contribution is 0.0703. The van der Waals surface area contributed by atoms with Crippen molar-refractivity contribution in [2.24, 2.45) is 4.99 Å². The summed E-state index contributed by atoms with van der Waals surface area (Å²) in [4.78, 5) is 16.7. The molecule has 1 N–H and O–H groups in total. The van der Waals surface area contributed by atoms with Crippen LogP contribution < -0.4 is 4.31 Å². The number of nitriles is 1. The zero-order valence-electron chi connectivity index (χ0n) is 13.1. The van der Waals surface area contributed by atoms with Crippen molar-refractivity contribution in [1.82, 2.24) is 0 Å². The molecule has 0 amide bonds. The molecule has 0 saturated carbocycles. The highest BCUT2D eigenvalue weighted by Gasteiger charge is 2.23. The number of hydrogen-bond donors (Lipinski definition) is 1. The van der Waals surface area contributed by atoms with Gasteiger partial charge in [0.15, 0.2) is 0 Å². The lowest BCUT2D eigenvalue weighted by atomic mass is 10.00. The lowest BCUT2D eigenvalue weighted by Gasteiger charge is -2.14. The number of halogens is 2. The Balaban J connectivity index is 0.00000156. The summed E-state index contributed by atoms with van der Waals surface area (Å²) in [5, 5.41) is 18.9. The van der Waals surface area contributed by atoms with Crippen LogP contribution in [0.3, 0.4) is 0 Å². The van der Waals surface area contributed by atoms with Crippen molar-refractivity contribution in [3.63, 3.8) is 0 Å². The van der Waals surface area contributed by atoms with Crippen LogP contribution >= 0.6 is 48.1 Å². The van der Waals surface area contributed by atoms with E-state index in [1.54, 1.807) is 5.55 Å². The van der Waals surface area contributed by atoms with Gasteiger partial charge in [0.1, 0.15) is 17.6 Å².